The van der Waals surface area contributed by atoms with Gasteiger partial charge in [-0.2, -0.15) is 0 Å². The zero-order valence-electron chi connectivity index (χ0n) is 3.33. The molecule has 0 atom stereocenters. The van der Waals surface area contributed by atoms with Gasteiger partial charge in [-0.1, -0.05) is 0 Å². The molecule has 0 nitrogen and oxygen atoms in total. The van der Waals surface area contributed by atoms with Crippen molar-refractivity contribution < 1.29 is 17.6 Å². The van der Waals surface area contributed by atoms with Crippen LogP contribution in [0.4, 0.5) is 17.6 Å². The molecular formula is C2F4Se2. The standard InChI is InChI=1S/C2F4Se2/c3-1(4)7-2(5,6)8-1. The van der Waals surface area contributed by atoms with Crippen LogP contribution in [0.1, 0.15) is 0 Å². The van der Waals surface area contributed by atoms with Crippen LogP contribution in [0.3, 0.4) is 0 Å². The molecule has 0 radical (unpaired) electrons. The van der Waals surface area contributed by atoms with Crippen molar-refractivity contribution in [1.82, 2.24) is 0 Å². The van der Waals surface area contributed by atoms with Gasteiger partial charge < -0.3 is 0 Å². The van der Waals surface area contributed by atoms with Gasteiger partial charge in [0.1, 0.15) is 0 Å². The number of alkyl halides is 4. The Labute approximate surface area is 55.3 Å². The van der Waals surface area contributed by atoms with Crippen molar-refractivity contribution >= 4 is 29.9 Å². The second-order valence-electron chi connectivity index (χ2n) is 1.13. The van der Waals surface area contributed by atoms with Crippen molar-refractivity contribution in [3.8, 4) is 0 Å². The summed E-state index contributed by atoms with van der Waals surface area (Å²) in [4.78, 5) is 0. The molecule has 0 amide bonds. The van der Waals surface area contributed by atoms with Gasteiger partial charge in [-0.15, -0.1) is 0 Å². The summed E-state index contributed by atoms with van der Waals surface area (Å²) < 4.78 is 40.5. The third-order valence-electron chi connectivity index (χ3n) is 0.475. The van der Waals surface area contributed by atoms with Crippen molar-refractivity contribution in [2.75, 3.05) is 0 Å². The normalized spacial score (nSPS) is 31.5. The molecule has 1 rings (SSSR count). The van der Waals surface area contributed by atoms with Crippen molar-refractivity contribution in [2.45, 2.75) is 7.44 Å². The van der Waals surface area contributed by atoms with E-state index in [-0.39, 0.29) is 0 Å². The van der Waals surface area contributed by atoms with Crippen LogP contribution < -0.4 is 0 Å². The van der Waals surface area contributed by atoms with Gasteiger partial charge in [0.05, 0.1) is 0 Å². The van der Waals surface area contributed by atoms with Gasteiger partial charge in [0.15, 0.2) is 0 Å². The van der Waals surface area contributed by atoms with Gasteiger partial charge in [0.2, 0.25) is 0 Å². The quantitative estimate of drug-likeness (QED) is 0.438. The van der Waals surface area contributed by atoms with Crippen LogP contribution in [0.5, 0.6) is 0 Å². The number of halogens is 4. The maximum absolute atomic E-state index is 11.6. The first-order valence-electron chi connectivity index (χ1n) is 1.57. The van der Waals surface area contributed by atoms with Gasteiger partial charge in [-0.3, -0.25) is 0 Å². The summed E-state index contributed by atoms with van der Waals surface area (Å²) in [6.45, 7) is 0. The number of rotatable bonds is 0. The van der Waals surface area contributed by atoms with E-state index in [0.717, 1.165) is 0 Å². The van der Waals surface area contributed by atoms with Crippen molar-refractivity contribution in [2.24, 2.45) is 0 Å². The second-order valence-corrected chi connectivity index (χ2v) is 8.91. The molecule has 0 aromatic carbocycles. The van der Waals surface area contributed by atoms with Crippen molar-refractivity contribution in [3.05, 3.63) is 0 Å². The van der Waals surface area contributed by atoms with Gasteiger partial charge in [0, 0.05) is 0 Å². The third kappa shape index (κ3) is 1.38. The molecule has 0 aliphatic carbocycles. The van der Waals surface area contributed by atoms with E-state index in [1.807, 2.05) is 0 Å². The fourth-order valence-corrected chi connectivity index (χ4v) is 5.13. The van der Waals surface area contributed by atoms with Gasteiger partial charge in [-0.25, -0.2) is 0 Å². The molecule has 1 aliphatic rings. The van der Waals surface area contributed by atoms with E-state index >= 15 is 0 Å². The third-order valence-corrected chi connectivity index (χ3v) is 6.10. The van der Waals surface area contributed by atoms with Crippen LogP contribution in [0.15, 0.2) is 0 Å². The molecule has 0 spiro atoms. The van der Waals surface area contributed by atoms with Crippen molar-refractivity contribution in [1.29, 1.82) is 0 Å². The van der Waals surface area contributed by atoms with Crippen molar-refractivity contribution in [3.63, 3.8) is 0 Å². The Morgan fingerprint density at radius 3 is 1.00 bits per heavy atom. The molecule has 0 saturated carbocycles. The summed E-state index contributed by atoms with van der Waals surface area (Å²) in [5.74, 6) is 0. The monoisotopic (exact) mass is 260 g/mol. The predicted molar refractivity (Wildman–Crippen MR) is 21.4 cm³/mol. The SMILES string of the molecule is FC1(F)[Se]C(F)(F)[Se]1. The van der Waals surface area contributed by atoms with Crippen LogP contribution in [0.2, 0.25) is 0 Å². The summed E-state index contributed by atoms with van der Waals surface area (Å²) in [7, 11) is 0. The van der Waals surface area contributed by atoms with Gasteiger partial charge >= 0.3 is 54.9 Å². The van der Waals surface area contributed by atoms with Crippen LogP contribution in [-0.2, 0) is 0 Å². The minimum absolute atomic E-state index is 1.75. The molecule has 1 fully saturated rings. The predicted octanol–water partition coefficient (Wildman–Crippen LogP) is 0.509. The van der Waals surface area contributed by atoms with Crippen LogP contribution in [0, 0.1) is 0 Å². The first-order valence-corrected chi connectivity index (χ1v) is 5.00. The molecule has 0 bridgehead atoms. The van der Waals surface area contributed by atoms with E-state index in [1.165, 1.54) is 0 Å². The molecular weight excluding hydrogens is 258 g/mol. The molecule has 0 aromatic heterocycles. The molecule has 1 saturated heterocycles. The second kappa shape index (κ2) is 1.63. The molecule has 1 aliphatic heterocycles. The van der Waals surface area contributed by atoms with E-state index in [1.54, 1.807) is 0 Å². The van der Waals surface area contributed by atoms with Gasteiger partial charge in [-0.05, 0) is 0 Å². The Bertz CT molecular complexity index is 88.6. The Hall–Kier alpha value is 0.759. The molecule has 48 valence electrons. The van der Waals surface area contributed by atoms with E-state index in [2.05, 4.69) is 0 Å². The van der Waals surface area contributed by atoms with E-state index in [9.17, 15) is 17.6 Å². The Morgan fingerprint density at radius 1 is 0.750 bits per heavy atom. The molecule has 0 aromatic rings. The Kier molecular flexibility index (Phi) is 1.40. The molecule has 8 heavy (non-hydrogen) atoms. The summed E-state index contributed by atoms with van der Waals surface area (Å²) in [5, 5.41) is 0. The first kappa shape index (κ1) is 6.87. The van der Waals surface area contributed by atoms with E-state index < -0.39 is 37.4 Å². The zero-order valence-corrected chi connectivity index (χ0v) is 6.75. The minimum atomic E-state index is -2.97. The fraction of sp³-hybridized carbons (Fsp3) is 1.00. The van der Waals surface area contributed by atoms with Crippen LogP contribution >= 0.6 is 0 Å². The molecule has 6 heteroatoms. The Balaban J connectivity index is 2.42. The first-order chi connectivity index (χ1) is 3.41. The average molecular weight is 258 g/mol. The topological polar surface area (TPSA) is 0 Å². The average Bonchev–Trinajstić information content (AvgIpc) is 1.20. The fourth-order valence-electron chi connectivity index (χ4n) is 0.284. The molecule has 0 unspecified atom stereocenters. The summed E-state index contributed by atoms with van der Waals surface area (Å²) >= 11 is -3.50. The number of hydrogen-bond donors (Lipinski definition) is 0. The zero-order chi connectivity index (χ0) is 6.41. The molecule has 1 heterocycles. The Morgan fingerprint density at radius 2 is 1.00 bits per heavy atom. The van der Waals surface area contributed by atoms with Crippen LogP contribution in [0.25, 0.3) is 0 Å². The van der Waals surface area contributed by atoms with Crippen LogP contribution in [-0.4, -0.2) is 37.4 Å². The van der Waals surface area contributed by atoms with E-state index in [4.69, 9.17) is 0 Å². The van der Waals surface area contributed by atoms with E-state index in [0.29, 0.717) is 0 Å². The summed E-state index contributed by atoms with van der Waals surface area (Å²) in [6, 6.07) is 0. The van der Waals surface area contributed by atoms with Gasteiger partial charge in [0.25, 0.3) is 0 Å². The summed E-state index contributed by atoms with van der Waals surface area (Å²) in [6.07, 6.45) is 0. The number of hydrogen-bond acceptors (Lipinski definition) is 0. The summed E-state index contributed by atoms with van der Waals surface area (Å²) in [5.41, 5.74) is 0. The maximum atomic E-state index is 11.6. The molecule has 0 N–H and O–H groups in total.